The summed E-state index contributed by atoms with van der Waals surface area (Å²) in [6, 6.07) is 3.80. The zero-order valence-electron chi connectivity index (χ0n) is 12.4. The highest BCUT2D eigenvalue weighted by molar-refractivity contribution is 5.78. The molecule has 1 aromatic rings. The summed E-state index contributed by atoms with van der Waals surface area (Å²) in [5, 5.41) is 3.01. The second-order valence-electron chi connectivity index (χ2n) is 5.72. The van der Waals surface area contributed by atoms with Crippen LogP contribution >= 0.6 is 0 Å². The zero-order chi connectivity index (χ0) is 14.4. The van der Waals surface area contributed by atoms with Crippen LogP contribution in [-0.4, -0.2) is 17.0 Å². The van der Waals surface area contributed by atoms with E-state index in [4.69, 9.17) is 4.74 Å². The number of carbonyl (C=O) groups is 1. The number of pyridine rings is 1. The highest BCUT2D eigenvalue weighted by atomic mass is 16.5. The summed E-state index contributed by atoms with van der Waals surface area (Å²) in [7, 11) is 0. The minimum absolute atomic E-state index is 0.124. The van der Waals surface area contributed by atoms with Crippen LogP contribution in [0.4, 0.5) is 0 Å². The molecule has 1 saturated carbocycles. The maximum absolute atomic E-state index is 12.0. The van der Waals surface area contributed by atoms with Gasteiger partial charge >= 0.3 is 0 Å². The minimum atomic E-state index is 0.124. The molecular weight excluding hydrogens is 252 g/mol. The van der Waals surface area contributed by atoms with Crippen molar-refractivity contribution < 1.29 is 9.53 Å². The van der Waals surface area contributed by atoms with Crippen LogP contribution in [0.2, 0.25) is 0 Å². The predicted octanol–water partition coefficient (Wildman–Crippen LogP) is 3.07. The van der Waals surface area contributed by atoms with Crippen molar-refractivity contribution in [2.24, 2.45) is 5.92 Å². The van der Waals surface area contributed by atoms with Gasteiger partial charge in [0.2, 0.25) is 11.8 Å². The first-order chi connectivity index (χ1) is 9.65. The molecule has 0 bridgehead atoms. The molecule has 1 aromatic heterocycles. The van der Waals surface area contributed by atoms with Gasteiger partial charge in [-0.1, -0.05) is 25.3 Å². The Morgan fingerprint density at radius 1 is 1.35 bits per heavy atom. The normalized spacial score (nSPS) is 16.1. The Bertz CT molecular complexity index is 423. The van der Waals surface area contributed by atoms with E-state index in [2.05, 4.69) is 10.3 Å². The van der Waals surface area contributed by atoms with Crippen LogP contribution in [0.1, 0.15) is 51.5 Å². The van der Waals surface area contributed by atoms with Crippen LogP contribution in [0.3, 0.4) is 0 Å². The van der Waals surface area contributed by atoms with E-state index >= 15 is 0 Å². The molecular formula is C16H24N2O2. The van der Waals surface area contributed by atoms with E-state index in [9.17, 15) is 4.79 Å². The molecule has 0 radical (unpaired) electrons. The predicted molar refractivity (Wildman–Crippen MR) is 78.4 cm³/mol. The fourth-order valence-electron chi connectivity index (χ4n) is 2.52. The number of nitrogens with zero attached hydrogens (tertiary/aromatic N) is 1. The summed E-state index contributed by atoms with van der Waals surface area (Å²) in [5.41, 5.74) is 1.00. The lowest BCUT2D eigenvalue weighted by Crippen LogP contribution is -2.31. The van der Waals surface area contributed by atoms with Gasteiger partial charge in [-0.25, -0.2) is 4.98 Å². The summed E-state index contributed by atoms with van der Waals surface area (Å²) in [5.74, 6) is 1.02. The summed E-state index contributed by atoms with van der Waals surface area (Å²) in [6.07, 6.45) is 7.58. The number of amides is 1. The molecule has 1 aliphatic carbocycles. The Morgan fingerprint density at radius 3 is 2.70 bits per heavy atom. The molecule has 0 aromatic carbocycles. The summed E-state index contributed by atoms with van der Waals surface area (Å²) >= 11 is 0. The molecule has 0 unspecified atom stereocenters. The van der Waals surface area contributed by atoms with Gasteiger partial charge in [0.15, 0.2) is 0 Å². The van der Waals surface area contributed by atoms with E-state index in [1.54, 1.807) is 6.20 Å². The average molecular weight is 276 g/mol. The maximum Gasteiger partial charge on any atom is 0.223 e. The standard InChI is InChI=1S/C16H24N2O2/c1-12(2)20-15-9-8-13(10-17-15)11-18-16(19)14-6-4-3-5-7-14/h8-10,12,14H,3-7,11H2,1-2H3,(H,18,19). The first kappa shape index (κ1) is 14.8. The number of hydrogen-bond donors (Lipinski definition) is 1. The molecule has 0 aliphatic heterocycles. The van der Waals surface area contributed by atoms with Crippen molar-refractivity contribution in [3.05, 3.63) is 23.9 Å². The number of rotatable bonds is 5. The Kier molecular flexibility index (Phi) is 5.39. The van der Waals surface area contributed by atoms with Gasteiger partial charge in [-0.2, -0.15) is 0 Å². The quantitative estimate of drug-likeness (QED) is 0.899. The van der Waals surface area contributed by atoms with Crippen LogP contribution < -0.4 is 10.1 Å². The van der Waals surface area contributed by atoms with Gasteiger partial charge < -0.3 is 10.1 Å². The monoisotopic (exact) mass is 276 g/mol. The molecule has 110 valence electrons. The van der Waals surface area contributed by atoms with Crippen LogP contribution in [-0.2, 0) is 11.3 Å². The molecule has 4 nitrogen and oxygen atoms in total. The van der Waals surface area contributed by atoms with Crippen molar-refractivity contribution >= 4 is 5.91 Å². The maximum atomic E-state index is 12.0. The van der Waals surface area contributed by atoms with Crippen molar-refractivity contribution in [3.8, 4) is 5.88 Å². The van der Waals surface area contributed by atoms with Crippen molar-refractivity contribution in [2.75, 3.05) is 0 Å². The van der Waals surface area contributed by atoms with Gasteiger partial charge in [0.25, 0.3) is 0 Å². The van der Waals surface area contributed by atoms with Crippen LogP contribution in [0.25, 0.3) is 0 Å². The smallest absolute Gasteiger partial charge is 0.223 e. The van der Waals surface area contributed by atoms with Crippen LogP contribution in [0.5, 0.6) is 5.88 Å². The highest BCUT2D eigenvalue weighted by Gasteiger charge is 2.20. The third-order valence-electron chi connectivity index (χ3n) is 3.60. The molecule has 1 fully saturated rings. The highest BCUT2D eigenvalue weighted by Crippen LogP contribution is 2.23. The van der Waals surface area contributed by atoms with E-state index in [1.165, 1.54) is 19.3 Å². The Morgan fingerprint density at radius 2 is 2.10 bits per heavy atom. The Balaban J connectivity index is 1.79. The Labute approximate surface area is 120 Å². The summed E-state index contributed by atoms with van der Waals surface area (Å²) in [6.45, 7) is 4.49. The Hall–Kier alpha value is -1.58. The zero-order valence-corrected chi connectivity index (χ0v) is 12.4. The molecule has 1 amide bonds. The first-order valence-corrected chi connectivity index (χ1v) is 7.54. The first-order valence-electron chi connectivity index (χ1n) is 7.54. The van der Waals surface area contributed by atoms with Crippen molar-refractivity contribution in [3.63, 3.8) is 0 Å². The number of ether oxygens (including phenoxy) is 1. The van der Waals surface area contributed by atoms with Crippen molar-refractivity contribution in [1.29, 1.82) is 0 Å². The number of aromatic nitrogens is 1. The molecule has 0 saturated heterocycles. The summed E-state index contributed by atoms with van der Waals surface area (Å²) < 4.78 is 5.49. The number of nitrogens with one attached hydrogen (secondary N) is 1. The number of hydrogen-bond acceptors (Lipinski definition) is 3. The van der Waals surface area contributed by atoms with Crippen LogP contribution in [0.15, 0.2) is 18.3 Å². The molecule has 0 atom stereocenters. The molecule has 20 heavy (non-hydrogen) atoms. The van der Waals surface area contributed by atoms with Gasteiger partial charge in [0, 0.05) is 24.7 Å². The van der Waals surface area contributed by atoms with Crippen molar-refractivity contribution in [2.45, 2.75) is 58.6 Å². The van der Waals surface area contributed by atoms with Crippen LogP contribution in [0, 0.1) is 5.92 Å². The molecule has 1 heterocycles. The average Bonchev–Trinajstić information content (AvgIpc) is 2.46. The minimum Gasteiger partial charge on any atom is -0.475 e. The lowest BCUT2D eigenvalue weighted by molar-refractivity contribution is -0.126. The van der Waals surface area contributed by atoms with Gasteiger partial charge in [0.05, 0.1) is 6.10 Å². The second-order valence-corrected chi connectivity index (χ2v) is 5.72. The van der Waals surface area contributed by atoms with E-state index in [1.807, 2.05) is 26.0 Å². The van der Waals surface area contributed by atoms with Gasteiger partial charge in [-0.05, 0) is 32.3 Å². The largest absolute Gasteiger partial charge is 0.475 e. The van der Waals surface area contributed by atoms with Gasteiger partial charge in [0.1, 0.15) is 0 Å². The van der Waals surface area contributed by atoms with E-state index in [-0.39, 0.29) is 17.9 Å². The van der Waals surface area contributed by atoms with E-state index < -0.39 is 0 Å². The molecule has 1 N–H and O–H groups in total. The SMILES string of the molecule is CC(C)Oc1ccc(CNC(=O)C2CCCCC2)cn1. The fourth-order valence-corrected chi connectivity index (χ4v) is 2.52. The fraction of sp³-hybridized carbons (Fsp3) is 0.625. The number of carbonyl (C=O) groups excluding carboxylic acids is 1. The molecule has 4 heteroatoms. The van der Waals surface area contributed by atoms with Gasteiger partial charge in [-0.3, -0.25) is 4.79 Å². The third-order valence-corrected chi connectivity index (χ3v) is 3.60. The summed E-state index contributed by atoms with van der Waals surface area (Å²) in [4.78, 5) is 16.3. The molecule has 0 spiro atoms. The van der Waals surface area contributed by atoms with E-state index in [0.717, 1.165) is 18.4 Å². The van der Waals surface area contributed by atoms with E-state index in [0.29, 0.717) is 12.4 Å². The lowest BCUT2D eigenvalue weighted by atomic mass is 9.88. The van der Waals surface area contributed by atoms with Gasteiger partial charge in [-0.15, -0.1) is 0 Å². The van der Waals surface area contributed by atoms with Crippen molar-refractivity contribution in [1.82, 2.24) is 10.3 Å². The topological polar surface area (TPSA) is 51.2 Å². The molecule has 2 rings (SSSR count). The lowest BCUT2D eigenvalue weighted by Gasteiger charge is -2.20. The second kappa shape index (κ2) is 7.27. The molecule has 1 aliphatic rings. The third kappa shape index (κ3) is 4.51.